The van der Waals surface area contributed by atoms with Crippen LogP contribution < -0.4 is 5.73 Å². The molecule has 0 aliphatic heterocycles. The molecule has 0 aliphatic rings. The average Bonchev–Trinajstić information content (AvgIpc) is 2.58. The molecule has 5 heteroatoms. The molecule has 0 radical (unpaired) electrons. The van der Waals surface area contributed by atoms with Crippen LogP contribution in [-0.4, -0.2) is 5.16 Å². The Labute approximate surface area is 72.9 Å². The van der Waals surface area contributed by atoms with Gasteiger partial charge < -0.3 is 14.7 Å². The maximum absolute atomic E-state index is 5.56. The molecule has 2 N–H and O–H groups in total. The molecule has 0 bridgehead atoms. The molecule has 2 heterocycles. The second kappa shape index (κ2) is 2.57. The standard InChI is InChI=1S/C7H5ClN2O2/c8-6-2-1-4(11-6)5-3-7(9)10-12-5/h1-3H,(H2,9,10). The predicted octanol–water partition coefficient (Wildman–Crippen LogP) is 2.17. The summed E-state index contributed by atoms with van der Waals surface area (Å²) in [4.78, 5) is 0. The lowest BCUT2D eigenvalue weighted by molar-refractivity contribution is 0.421. The van der Waals surface area contributed by atoms with Gasteiger partial charge in [-0.3, -0.25) is 0 Å². The molecule has 0 aliphatic carbocycles. The van der Waals surface area contributed by atoms with E-state index in [-0.39, 0.29) is 0 Å². The Morgan fingerprint density at radius 2 is 2.17 bits per heavy atom. The van der Waals surface area contributed by atoms with Gasteiger partial charge in [0.05, 0.1) is 0 Å². The third-order valence-corrected chi connectivity index (χ3v) is 1.55. The Morgan fingerprint density at radius 3 is 2.67 bits per heavy atom. The van der Waals surface area contributed by atoms with E-state index in [1.165, 1.54) is 0 Å². The van der Waals surface area contributed by atoms with Crippen molar-refractivity contribution >= 4 is 17.4 Å². The van der Waals surface area contributed by atoms with Gasteiger partial charge in [0.15, 0.2) is 16.8 Å². The summed E-state index contributed by atoms with van der Waals surface area (Å²) in [6, 6.07) is 4.87. The minimum Gasteiger partial charge on any atom is -0.441 e. The summed E-state index contributed by atoms with van der Waals surface area (Å²) in [7, 11) is 0. The minimum atomic E-state index is 0.306. The maximum Gasteiger partial charge on any atom is 0.204 e. The quantitative estimate of drug-likeness (QED) is 0.738. The van der Waals surface area contributed by atoms with E-state index < -0.39 is 0 Å². The van der Waals surface area contributed by atoms with Gasteiger partial charge in [0.2, 0.25) is 5.76 Å². The number of rotatable bonds is 1. The first kappa shape index (κ1) is 7.24. The van der Waals surface area contributed by atoms with Crippen molar-refractivity contribution < 1.29 is 8.94 Å². The molecule has 0 saturated carbocycles. The number of nitrogens with zero attached hydrogens (tertiary/aromatic N) is 1. The fourth-order valence-corrected chi connectivity index (χ4v) is 0.998. The van der Waals surface area contributed by atoms with E-state index in [1.54, 1.807) is 18.2 Å². The molecule has 0 aromatic carbocycles. The highest BCUT2D eigenvalue weighted by Crippen LogP contribution is 2.25. The van der Waals surface area contributed by atoms with Crippen LogP contribution in [0.15, 0.2) is 27.1 Å². The molecule has 0 saturated heterocycles. The molecule has 2 aromatic heterocycles. The van der Waals surface area contributed by atoms with Gasteiger partial charge in [0.1, 0.15) is 0 Å². The van der Waals surface area contributed by atoms with Crippen LogP contribution >= 0.6 is 11.6 Å². The second-order valence-electron chi connectivity index (χ2n) is 2.22. The third-order valence-electron chi connectivity index (χ3n) is 1.34. The lowest BCUT2D eigenvalue weighted by Gasteiger charge is -1.83. The Kier molecular flexibility index (Phi) is 1.55. The summed E-state index contributed by atoms with van der Waals surface area (Å²) in [5.41, 5.74) is 5.34. The number of anilines is 1. The number of hydrogen-bond donors (Lipinski definition) is 1. The molecule has 0 atom stereocenters. The number of halogens is 1. The highest BCUT2D eigenvalue weighted by atomic mass is 35.5. The van der Waals surface area contributed by atoms with E-state index in [0.717, 1.165) is 0 Å². The number of aromatic nitrogens is 1. The monoisotopic (exact) mass is 184 g/mol. The predicted molar refractivity (Wildman–Crippen MR) is 43.6 cm³/mol. The number of hydrogen-bond acceptors (Lipinski definition) is 4. The molecule has 62 valence electrons. The van der Waals surface area contributed by atoms with Crippen LogP contribution in [-0.2, 0) is 0 Å². The van der Waals surface area contributed by atoms with E-state index in [9.17, 15) is 0 Å². The van der Waals surface area contributed by atoms with Crippen LogP contribution in [0.5, 0.6) is 0 Å². The van der Waals surface area contributed by atoms with Crippen molar-refractivity contribution in [1.82, 2.24) is 5.16 Å². The second-order valence-corrected chi connectivity index (χ2v) is 2.59. The first-order chi connectivity index (χ1) is 5.75. The van der Waals surface area contributed by atoms with Gasteiger partial charge in [0.25, 0.3) is 0 Å². The molecule has 0 unspecified atom stereocenters. The lowest BCUT2D eigenvalue weighted by Crippen LogP contribution is -1.79. The third kappa shape index (κ3) is 1.16. The number of nitrogen functional groups attached to an aromatic ring is 1. The number of nitrogens with two attached hydrogens (primary N) is 1. The van der Waals surface area contributed by atoms with Gasteiger partial charge >= 0.3 is 0 Å². The highest BCUT2D eigenvalue weighted by Gasteiger charge is 2.08. The molecule has 0 spiro atoms. The van der Waals surface area contributed by atoms with Crippen LogP contribution in [0.1, 0.15) is 0 Å². The normalized spacial score (nSPS) is 10.4. The van der Waals surface area contributed by atoms with Gasteiger partial charge in [-0.2, -0.15) is 0 Å². The maximum atomic E-state index is 5.56. The summed E-state index contributed by atoms with van der Waals surface area (Å²) in [5, 5.41) is 3.81. The zero-order valence-corrected chi connectivity index (χ0v) is 6.71. The summed E-state index contributed by atoms with van der Waals surface area (Å²) in [6.07, 6.45) is 0. The van der Waals surface area contributed by atoms with E-state index in [0.29, 0.717) is 22.6 Å². The van der Waals surface area contributed by atoms with Crippen molar-refractivity contribution in [3.05, 3.63) is 23.4 Å². The van der Waals surface area contributed by atoms with Gasteiger partial charge in [-0.25, -0.2) is 0 Å². The summed E-state index contributed by atoms with van der Waals surface area (Å²) < 4.78 is 9.90. The van der Waals surface area contributed by atoms with Gasteiger partial charge in [-0.15, -0.1) is 0 Å². The van der Waals surface area contributed by atoms with Crippen molar-refractivity contribution in [3.8, 4) is 11.5 Å². The molecular weight excluding hydrogens is 180 g/mol. The summed E-state index contributed by atoms with van der Waals surface area (Å²) in [5.74, 6) is 1.31. The molecule has 0 amide bonds. The Hall–Kier alpha value is -1.42. The summed E-state index contributed by atoms with van der Waals surface area (Å²) >= 11 is 5.56. The van der Waals surface area contributed by atoms with Crippen molar-refractivity contribution in [2.75, 3.05) is 5.73 Å². The van der Waals surface area contributed by atoms with Crippen LogP contribution in [0, 0.1) is 0 Å². The van der Waals surface area contributed by atoms with Gasteiger partial charge in [-0.05, 0) is 23.7 Å². The lowest BCUT2D eigenvalue weighted by atomic mass is 10.3. The van der Waals surface area contributed by atoms with Crippen LogP contribution in [0.3, 0.4) is 0 Å². The van der Waals surface area contributed by atoms with Crippen molar-refractivity contribution in [3.63, 3.8) is 0 Å². The first-order valence-corrected chi connectivity index (χ1v) is 3.61. The number of furan rings is 1. The molecule has 0 fully saturated rings. The zero-order valence-electron chi connectivity index (χ0n) is 5.95. The van der Waals surface area contributed by atoms with E-state index in [2.05, 4.69) is 5.16 Å². The molecule has 2 rings (SSSR count). The van der Waals surface area contributed by atoms with Crippen LogP contribution in [0.25, 0.3) is 11.5 Å². The van der Waals surface area contributed by atoms with Gasteiger partial charge in [0, 0.05) is 6.07 Å². The Bertz CT molecular complexity index is 355. The average molecular weight is 185 g/mol. The topological polar surface area (TPSA) is 65.2 Å². The SMILES string of the molecule is Nc1cc(-c2ccc(Cl)o2)on1. The highest BCUT2D eigenvalue weighted by molar-refractivity contribution is 6.28. The molecule has 4 nitrogen and oxygen atoms in total. The Morgan fingerprint density at radius 1 is 1.33 bits per heavy atom. The molecular formula is C7H5ClN2O2. The molecule has 2 aromatic rings. The van der Waals surface area contributed by atoms with E-state index >= 15 is 0 Å². The first-order valence-electron chi connectivity index (χ1n) is 3.23. The fourth-order valence-electron chi connectivity index (χ4n) is 0.852. The van der Waals surface area contributed by atoms with Crippen LogP contribution in [0.4, 0.5) is 5.82 Å². The van der Waals surface area contributed by atoms with E-state index in [4.69, 9.17) is 26.3 Å². The summed E-state index contributed by atoms with van der Waals surface area (Å²) in [6.45, 7) is 0. The Balaban J connectivity index is 2.43. The zero-order chi connectivity index (χ0) is 8.55. The largest absolute Gasteiger partial charge is 0.441 e. The smallest absolute Gasteiger partial charge is 0.204 e. The van der Waals surface area contributed by atoms with Crippen molar-refractivity contribution in [2.45, 2.75) is 0 Å². The fraction of sp³-hybridized carbons (Fsp3) is 0. The van der Waals surface area contributed by atoms with E-state index in [1.807, 2.05) is 0 Å². The van der Waals surface area contributed by atoms with Crippen molar-refractivity contribution in [2.24, 2.45) is 0 Å². The minimum absolute atomic E-state index is 0.306. The molecule has 12 heavy (non-hydrogen) atoms. The van der Waals surface area contributed by atoms with Gasteiger partial charge in [-0.1, -0.05) is 5.16 Å². The van der Waals surface area contributed by atoms with Crippen molar-refractivity contribution in [1.29, 1.82) is 0 Å². The van der Waals surface area contributed by atoms with Crippen LogP contribution in [0.2, 0.25) is 5.22 Å².